The van der Waals surface area contributed by atoms with Crippen molar-refractivity contribution in [1.29, 1.82) is 0 Å². The lowest BCUT2D eigenvalue weighted by atomic mass is 10.2. The Morgan fingerprint density at radius 1 is 1.45 bits per heavy atom. The monoisotopic (exact) mass is 317 g/mol. The van der Waals surface area contributed by atoms with Crippen molar-refractivity contribution in [2.45, 2.75) is 39.0 Å². The highest BCUT2D eigenvalue weighted by molar-refractivity contribution is 5.79. The first-order chi connectivity index (χ1) is 9.99. The van der Waals surface area contributed by atoms with Gasteiger partial charge >= 0.3 is 17.8 Å². The summed E-state index contributed by atoms with van der Waals surface area (Å²) in [5.74, 6) is -2.70. The Labute approximate surface area is 123 Å². The normalized spacial score (nSPS) is 12.5. The number of nitrogens with one attached hydrogen (secondary N) is 2. The highest BCUT2D eigenvalue weighted by Crippen LogP contribution is 2.07. The van der Waals surface area contributed by atoms with Crippen molar-refractivity contribution < 1.29 is 23.8 Å². The molecule has 0 spiro atoms. The minimum absolute atomic E-state index is 0.563. The molecular formula is C12H16FN3O6. The number of amides is 1. The molecule has 0 radical (unpaired) electrons. The summed E-state index contributed by atoms with van der Waals surface area (Å²) in [5, 5.41) is 11.1. The molecule has 9 nitrogen and oxygen atoms in total. The van der Waals surface area contributed by atoms with E-state index in [0.717, 1.165) is 0 Å². The number of rotatable bonds is 4. The zero-order chi connectivity index (χ0) is 17.1. The number of carbonyl (C=O) groups excluding carboxylic acids is 1. The van der Waals surface area contributed by atoms with Gasteiger partial charge in [-0.1, -0.05) is 0 Å². The molecule has 1 heterocycles. The molecule has 1 aromatic heterocycles. The van der Waals surface area contributed by atoms with Crippen LogP contribution in [-0.2, 0) is 16.1 Å². The Morgan fingerprint density at radius 2 is 2.05 bits per heavy atom. The van der Waals surface area contributed by atoms with Gasteiger partial charge in [0.05, 0.1) is 12.7 Å². The van der Waals surface area contributed by atoms with Crippen LogP contribution in [0, 0.1) is 5.82 Å². The van der Waals surface area contributed by atoms with Gasteiger partial charge in [-0.05, 0) is 20.8 Å². The molecule has 0 saturated carbocycles. The second-order valence-electron chi connectivity index (χ2n) is 5.43. The lowest BCUT2D eigenvalue weighted by molar-refractivity contribution is -0.139. The van der Waals surface area contributed by atoms with Crippen molar-refractivity contribution in [1.82, 2.24) is 14.9 Å². The van der Waals surface area contributed by atoms with Crippen LogP contribution in [0.1, 0.15) is 20.8 Å². The maximum Gasteiger partial charge on any atom is 0.408 e. The lowest BCUT2D eigenvalue weighted by Gasteiger charge is -2.22. The summed E-state index contributed by atoms with van der Waals surface area (Å²) >= 11 is 0. The summed E-state index contributed by atoms with van der Waals surface area (Å²) in [6.07, 6.45) is -0.439. The fraction of sp³-hybridized carbons (Fsp3) is 0.500. The van der Waals surface area contributed by atoms with Crippen LogP contribution in [-0.4, -0.2) is 38.4 Å². The highest BCUT2D eigenvalue weighted by Gasteiger charge is 2.25. The van der Waals surface area contributed by atoms with Crippen LogP contribution < -0.4 is 16.6 Å². The first-order valence-electron chi connectivity index (χ1n) is 6.21. The van der Waals surface area contributed by atoms with Crippen LogP contribution >= 0.6 is 0 Å². The summed E-state index contributed by atoms with van der Waals surface area (Å²) in [6, 6.07) is -1.54. The molecule has 1 rings (SSSR count). The maximum absolute atomic E-state index is 13.1. The molecule has 0 aliphatic heterocycles. The maximum atomic E-state index is 13.1. The summed E-state index contributed by atoms with van der Waals surface area (Å²) < 4.78 is 18.7. The Hall–Kier alpha value is -2.65. The van der Waals surface area contributed by atoms with E-state index in [2.05, 4.69) is 0 Å². The van der Waals surface area contributed by atoms with Crippen molar-refractivity contribution in [3.05, 3.63) is 32.9 Å². The van der Waals surface area contributed by atoms with E-state index in [1.54, 1.807) is 25.8 Å². The number of H-pyrrole nitrogens is 1. The SMILES string of the molecule is CC(C)(C)OC(=O)N[C@@H](Cn1cc(F)c(=O)[nH]c1=O)C(=O)O. The molecule has 0 saturated heterocycles. The van der Waals surface area contributed by atoms with Crippen molar-refractivity contribution in [3.8, 4) is 0 Å². The smallest absolute Gasteiger partial charge is 0.408 e. The Balaban J connectivity index is 2.93. The number of halogens is 1. The summed E-state index contributed by atoms with van der Waals surface area (Å²) in [5.41, 5.74) is -3.05. The van der Waals surface area contributed by atoms with E-state index < -0.39 is 47.3 Å². The van der Waals surface area contributed by atoms with Crippen molar-refractivity contribution in [3.63, 3.8) is 0 Å². The molecule has 0 aliphatic rings. The summed E-state index contributed by atoms with van der Waals surface area (Å²) in [6.45, 7) is 4.18. The number of carboxylic acid groups (broad SMARTS) is 1. The third-order valence-corrected chi connectivity index (χ3v) is 2.34. The predicted molar refractivity (Wildman–Crippen MR) is 72.1 cm³/mol. The fourth-order valence-corrected chi connectivity index (χ4v) is 1.45. The van der Waals surface area contributed by atoms with Gasteiger partial charge < -0.3 is 15.2 Å². The topological polar surface area (TPSA) is 130 Å². The zero-order valence-corrected chi connectivity index (χ0v) is 12.2. The molecule has 3 N–H and O–H groups in total. The van der Waals surface area contributed by atoms with E-state index in [-0.39, 0.29) is 0 Å². The molecule has 122 valence electrons. The molecule has 0 aromatic carbocycles. The Bertz CT molecular complexity index is 687. The Morgan fingerprint density at radius 3 is 2.55 bits per heavy atom. The van der Waals surface area contributed by atoms with E-state index >= 15 is 0 Å². The van der Waals surface area contributed by atoms with E-state index in [4.69, 9.17) is 9.84 Å². The van der Waals surface area contributed by atoms with Gasteiger partial charge in [0, 0.05) is 0 Å². The molecule has 0 fully saturated rings. The van der Waals surface area contributed by atoms with Crippen LogP contribution in [0.3, 0.4) is 0 Å². The Kier molecular flexibility index (Phi) is 5.07. The molecule has 1 amide bonds. The van der Waals surface area contributed by atoms with Crippen LogP contribution in [0.15, 0.2) is 15.8 Å². The highest BCUT2D eigenvalue weighted by atomic mass is 19.1. The number of nitrogens with zero attached hydrogens (tertiary/aromatic N) is 1. The number of hydrogen-bond donors (Lipinski definition) is 3. The minimum Gasteiger partial charge on any atom is -0.480 e. The summed E-state index contributed by atoms with van der Waals surface area (Å²) in [7, 11) is 0. The number of carboxylic acids is 1. The van der Waals surface area contributed by atoms with E-state index in [0.29, 0.717) is 10.8 Å². The number of aromatic nitrogens is 2. The second-order valence-corrected chi connectivity index (χ2v) is 5.43. The molecule has 1 atom stereocenters. The van der Waals surface area contributed by atoms with Crippen molar-refractivity contribution in [2.75, 3.05) is 0 Å². The van der Waals surface area contributed by atoms with Gasteiger partial charge in [-0.25, -0.2) is 14.4 Å². The van der Waals surface area contributed by atoms with E-state index in [1.165, 1.54) is 0 Å². The number of ether oxygens (including phenoxy) is 1. The van der Waals surface area contributed by atoms with Gasteiger partial charge in [-0.3, -0.25) is 14.3 Å². The molecule has 0 unspecified atom stereocenters. The first-order valence-corrected chi connectivity index (χ1v) is 6.21. The van der Waals surface area contributed by atoms with Crippen LogP contribution in [0.5, 0.6) is 0 Å². The van der Waals surface area contributed by atoms with E-state index in [1.807, 2.05) is 5.32 Å². The van der Waals surface area contributed by atoms with Gasteiger partial charge in [0.15, 0.2) is 0 Å². The molecule has 10 heteroatoms. The number of hydrogen-bond acceptors (Lipinski definition) is 5. The van der Waals surface area contributed by atoms with Gasteiger partial charge in [0.1, 0.15) is 11.6 Å². The fourth-order valence-electron chi connectivity index (χ4n) is 1.45. The first kappa shape index (κ1) is 17.4. The quantitative estimate of drug-likeness (QED) is 0.696. The third-order valence-electron chi connectivity index (χ3n) is 2.34. The molecule has 0 aliphatic carbocycles. The van der Waals surface area contributed by atoms with Crippen molar-refractivity contribution in [2.24, 2.45) is 0 Å². The van der Waals surface area contributed by atoms with Crippen LogP contribution in [0.2, 0.25) is 0 Å². The van der Waals surface area contributed by atoms with Gasteiger partial charge in [-0.15, -0.1) is 0 Å². The second kappa shape index (κ2) is 6.41. The molecule has 22 heavy (non-hydrogen) atoms. The van der Waals surface area contributed by atoms with Crippen LogP contribution in [0.4, 0.5) is 9.18 Å². The van der Waals surface area contributed by atoms with Crippen LogP contribution in [0.25, 0.3) is 0 Å². The largest absolute Gasteiger partial charge is 0.480 e. The number of carbonyl (C=O) groups is 2. The average Bonchev–Trinajstić information content (AvgIpc) is 2.32. The van der Waals surface area contributed by atoms with Crippen molar-refractivity contribution >= 4 is 12.1 Å². The zero-order valence-electron chi connectivity index (χ0n) is 12.2. The molecule has 1 aromatic rings. The van der Waals surface area contributed by atoms with Gasteiger partial charge in [0.25, 0.3) is 5.56 Å². The van der Waals surface area contributed by atoms with Gasteiger partial charge in [-0.2, -0.15) is 4.39 Å². The summed E-state index contributed by atoms with van der Waals surface area (Å²) in [4.78, 5) is 46.7. The number of aromatic amines is 1. The third kappa shape index (κ3) is 5.04. The number of alkyl carbamates (subject to hydrolysis) is 1. The standard InChI is InChI=1S/C12H16FN3O6/c1-12(2,3)22-11(21)14-7(9(18)19)5-16-4-6(13)8(17)15-10(16)20/h4,7H,5H2,1-3H3,(H,14,21)(H,18,19)(H,15,17,20)/t7-/m0/s1. The lowest BCUT2D eigenvalue weighted by Crippen LogP contribution is -2.47. The molecular weight excluding hydrogens is 301 g/mol. The number of aliphatic carboxylic acids is 1. The minimum atomic E-state index is -1.54. The average molecular weight is 317 g/mol. The van der Waals surface area contributed by atoms with Gasteiger partial charge in [0.2, 0.25) is 5.82 Å². The predicted octanol–water partition coefficient (Wildman–Crippen LogP) is -0.346. The molecule has 0 bridgehead atoms. The van der Waals surface area contributed by atoms with E-state index in [9.17, 15) is 23.6 Å².